The van der Waals surface area contributed by atoms with Gasteiger partial charge in [-0.1, -0.05) is 6.07 Å². The average molecular weight is 455 g/mol. The van der Waals surface area contributed by atoms with Crippen molar-refractivity contribution < 1.29 is 4.79 Å². The zero-order valence-electron chi connectivity index (χ0n) is 15.7. The summed E-state index contributed by atoms with van der Waals surface area (Å²) in [5.74, 6) is -0.109. The van der Waals surface area contributed by atoms with Gasteiger partial charge in [0.15, 0.2) is 0 Å². The zero-order valence-corrected chi connectivity index (χ0v) is 18.1. The van der Waals surface area contributed by atoms with Crippen molar-refractivity contribution in [2.75, 3.05) is 5.32 Å². The van der Waals surface area contributed by atoms with Crippen LogP contribution in [0, 0.1) is 13.8 Å². The van der Waals surface area contributed by atoms with Gasteiger partial charge in [-0.15, -0.1) is 11.3 Å². The molecule has 0 bridgehead atoms. The first-order valence-electron chi connectivity index (χ1n) is 8.90. The summed E-state index contributed by atoms with van der Waals surface area (Å²) in [6.45, 7) is 5.84. The number of benzene rings is 2. The summed E-state index contributed by atoms with van der Waals surface area (Å²) in [7, 11) is 0. The van der Waals surface area contributed by atoms with Gasteiger partial charge in [0.25, 0.3) is 0 Å². The maximum Gasteiger partial charge on any atom is 0.248 e. The van der Waals surface area contributed by atoms with Gasteiger partial charge in [0.2, 0.25) is 5.91 Å². The van der Waals surface area contributed by atoms with Gasteiger partial charge < -0.3 is 5.32 Å². The fraction of sp³-hybridized carbons (Fsp3) is 0.190. The Hall–Kier alpha value is -2.51. The molecular weight excluding hydrogens is 436 g/mol. The molecule has 4 rings (SSSR count). The number of nitrogens with zero attached hydrogens (tertiary/aromatic N) is 3. The van der Waals surface area contributed by atoms with Crippen LogP contribution in [-0.2, 0) is 4.79 Å². The van der Waals surface area contributed by atoms with E-state index in [1.807, 2.05) is 38.1 Å². The largest absolute Gasteiger partial charge is 0.324 e. The Balaban J connectivity index is 1.51. The highest BCUT2D eigenvalue weighted by Gasteiger charge is 2.18. The SMILES string of the molecule is Cc1ccc2nc(-c3ccc(NC(=O)C(C)n4ncc(Br)c4C)cc3)sc2c1. The summed E-state index contributed by atoms with van der Waals surface area (Å²) >= 11 is 5.10. The lowest BCUT2D eigenvalue weighted by atomic mass is 10.2. The molecule has 2 aromatic heterocycles. The maximum atomic E-state index is 12.6. The molecule has 7 heteroatoms. The Bertz CT molecular complexity index is 1160. The Morgan fingerprint density at radius 3 is 2.61 bits per heavy atom. The van der Waals surface area contributed by atoms with Crippen LogP contribution in [0.1, 0.15) is 24.2 Å². The molecule has 0 radical (unpaired) electrons. The fourth-order valence-corrected chi connectivity index (χ4v) is 4.34. The van der Waals surface area contributed by atoms with E-state index in [9.17, 15) is 4.79 Å². The van der Waals surface area contributed by atoms with Gasteiger partial charge in [-0.2, -0.15) is 5.10 Å². The molecule has 5 nitrogen and oxygen atoms in total. The molecule has 1 amide bonds. The third kappa shape index (κ3) is 3.59. The van der Waals surface area contributed by atoms with Crippen LogP contribution in [0.3, 0.4) is 0 Å². The number of amides is 1. The van der Waals surface area contributed by atoms with Gasteiger partial charge >= 0.3 is 0 Å². The minimum atomic E-state index is -0.404. The number of hydrogen-bond acceptors (Lipinski definition) is 4. The molecule has 28 heavy (non-hydrogen) atoms. The average Bonchev–Trinajstić information content (AvgIpc) is 3.25. The lowest BCUT2D eigenvalue weighted by molar-refractivity contribution is -0.119. The maximum absolute atomic E-state index is 12.6. The molecule has 0 saturated carbocycles. The highest BCUT2D eigenvalue weighted by atomic mass is 79.9. The summed E-state index contributed by atoms with van der Waals surface area (Å²) in [6, 6.07) is 13.7. The second-order valence-corrected chi connectivity index (χ2v) is 8.64. The van der Waals surface area contributed by atoms with Crippen molar-refractivity contribution in [3.05, 3.63) is 64.4 Å². The fourth-order valence-electron chi connectivity index (χ4n) is 3.00. The van der Waals surface area contributed by atoms with Crippen molar-refractivity contribution in [3.8, 4) is 10.6 Å². The molecule has 1 unspecified atom stereocenters. The number of hydrogen-bond donors (Lipinski definition) is 1. The molecule has 142 valence electrons. The smallest absolute Gasteiger partial charge is 0.248 e. The van der Waals surface area contributed by atoms with Crippen molar-refractivity contribution in [1.29, 1.82) is 0 Å². The summed E-state index contributed by atoms with van der Waals surface area (Å²) in [6.07, 6.45) is 1.70. The van der Waals surface area contributed by atoms with E-state index in [-0.39, 0.29) is 5.91 Å². The molecular formula is C21H19BrN4OS. The Morgan fingerprint density at radius 1 is 1.18 bits per heavy atom. The lowest BCUT2D eigenvalue weighted by Gasteiger charge is -2.14. The van der Waals surface area contributed by atoms with Crippen molar-refractivity contribution in [2.45, 2.75) is 26.8 Å². The van der Waals surface area contributed by atoms with Crippen molar-refractivity contribution in [3.63, 3.8) is 0 Å². The number of aromatic nitrogens is 3. The highest BCUT2D eigenvalue weighted by Crippen LogP contribution is 2.31. The van der Waals surface area contributed by atoms with E-state index in [4.69, 9.17) is 4.98 Å². The number of halogens is 1. The second-order valence-electron chi connectivity index (χ2n) is 6.76. The monoisotopic (exact) mass is 454 g/mol. The molecule has 1 N–H and O–H groups in total. The first-order chi connectivity index (χ1) is 13.4. The number of aryl methyl sites for hydroxylation is 1. The number of rotatable bonds is 4. The van der Waals surface area contributed by atoms with Crippen molar-refractivity contribution in [1.82, 2.24) is 14.8 Å². The summed E-state index contributed by atoms with van der Waals surface area (Å²) in [5, 5.41) is 8.19. The van der Waals surface area contributed by atoms with Crippen LogP contribution < -0.4 is 5.32 Å². The van der Waals surface area contributed by atoms with Crippen LogP contribution in [0.15, 0.2) is 53.1 Å². The van der Waals surface area contributed by atoms with E-state index in [1.54, 1.807) is 22.2 Å². The van der Waals surface area contributed by atoms with E-state index >= 15 is 0 Å². The molecule has 0 saturated heterocycles. The van der Waals surface area contributed by atoms with Gasteiger partial charge in [0.05, 0.1) is 26.6 Å². The first-order valence-corrected chi connectivity index (χ1v) is 10.5. The number of carbonyl (C=O) groups is 1. The number of carbonyl (C=O) groups excluding carboxylic acids is 1. The molecule has 2 heterocycles. The van der Waals surface area contributed by atoms with Gasteiger partial charge in [-0.05, 0) is 78.7 Å². The van der Waals surface area contributed by atoms with Crippen LogP contribution in [0.2, 0.25) is 0 Å². The Morgan fingerprint density at radius 2 is 1.93 bits per heavy atom. The molecule has 1 atom stereocenters. The Labute approximate surface area is 175 Å². The number of anilines is 1. The minimum absolute atomic E-state index is 0.109. The molecule has 0 aliphatic heterocycles. The molecule has 0 spiro atoms. The van der Waals surface area contributed by atoms with Crippen molar-refractivity contribution >= 4 is 49.1 Å². The molecule has 0 aliphatic carbocycles. The van der Waals surface area contributed by atoms with Crippen LogP contribution in [0.5, 0.6) is 0 Å². The van der Waals surface area contributed by atoms with Gasteiger partial charge in [0.1, 0.15) is 11.0 Å². The van der Waals surface area contributed by atoms with Gasteiger partial charge in [-0.3, -0.25) is 9.48 Å². The van der Waals surface area contributed by atoms with E-state index in [0.29, 0.717) is 0 Å². The predicted molar refractivity (Wildman–Crippen MR) is 118 cm³/mol. The summed E-state index contributed by atoms with van der Waals surface area (Å²) in [4.78, 5) is 17.3. The Kier molecular flexibility index (Phi) is 5.03. The second kappa shape index (κ2) is 7.48. The molecule has 4 aromatic rings. The zero-order chi connectivity index (χ0) is 19.8. The number of nitrogens with one attached hydrogen (secondary N) is 1. The van der Waals surface area contributed by atoms with E-state index in [2.05, 4.69) is 51.5 Å². The third-order valence-electron chi connectivity index (χ3n) is 4.67. The highest BCUT2D eigenvalue weighted by molar-refractivity contribution is 9.10. The lowest BCUT2D eigenvalue weighted by Crippen LogP contribution is -2.25. The van der Waals surface area contributed by atoms with E-state index in [0.717, 1.165) is 31.9 Å². The molecule has 2 aromatic carbocycles. The van der Waals surface area contributed by atoms with Gasteiger partial charge in [0, 0.05) is 11.3 Å². The number of fused-ring (bicyclic) bond motifs is 1. The quantitative estimate of drug-likeness (QED) is 0.427. The summed E-state index contributed by atoms with van der Waals surface area (Å²) in [5.41, 5.74) is 4.95. The van der Waals surface area contributed by atoms with Crippen LogP contribution >= 0.6 is 27.3 Å². The third-order valence-corrected chi connectivity index (χ3v) is 6.52. The van der Waals surface area contributed by atoms with Crippen LogP contribution in [-0.4, -0.2) is 20.7 Å². The van der Waals surface area contributed by atoms with Crippen LogP contribution in [0.4, 0.5) is 5.69 Å². The van der Waals surface area contributed by atoms with Crippen molar-refractivity contribution in [2.24, 2.45) is 0 Å². The van der Waals surface area contributed by atoms with E-state index < -0.39 is 6.04 Å². The predicted octanol–water partition coefficient (Wildman–Crippen LogP) is 5.74. The summed E-state index contributed by atoms with van der Waals surface area (Å²) < 4.78 is 3.78. The topological polar surface area (TPSA) is 59.8 Å². The normalized spacial score (nSPS) is 12.3. The first kappa shape index (κ1) is 18.8. The number of thiazole rings is 1. The minimum Gasteiger partial charge on any atom is -0.324 e. The van der Waals surface area contributed by atoms with E-state index in [1.165, 1.54) is 10.3 Å². The standard InChI is InChI=1S/C21H19BrN4OS/c1-12-4-9-18-19(10-12)28-21(25-18)15-5-7-16(8-6-15)24-20(27)14(3)26-13(2)17(22)11-23-26/h4-11,14H,1-3H3,(H,24,27). The van der Waals surface area contributed by atoms with Crippen LogP contribution in [0.25, 0.3) is 20.8 Å². The molecule has 0 fully saturated rings. The van der Waals surface area contributed by atoms with Gasteiger partial charge in [-0.25, -0.2) is 4.98 Å². The molecule has 0 aliphatic rings.